The van der Waals surface area contributed by atoms with Crippen LogP contribution in [0.25, 0.3) is 0 Å². The zero-order valence-electron chi connectivity index (χ0n) is 13.0. The van der Waals surface area contributed by atoms with Crippen molar-refractivity contribution in [1.29, 1.82) is 0 Å². The Morgan fingerprint density at radius 2 is 2.13 bits per heavy atom. The van der Waals surface area contributed by atoms with Gasteiger partial charge in [-0.1, -0.05) is 24.3 Å². The molecule has 3 rings (SSSR count). The minimum atomic E-state index is 0.0778. The summed E-state index contributed by atoms with van der Waals surface area (Å²) in [5.41, 5.74) is 0.957. The van der Waals surface area contributed by atoms with Crippen LogP contribution in [-0.4, -0.2) is 23.5 Å². The summed E-state index contributed by atoms with van der Waals surface area (Å²) in [5.74, 6) is 1.38. The fourth-order valence-electron chi connectivity index (χ4n) is 2.61. The van der Waals surface area contributed by atoms with Crippen molar-refractivity contribution in [1.82, 2.24) is 15.6 Å². The molecule has 5 heteroatoms. The van der Waals surface area contributed by atoms with Crippen molar-refractivity contribution in [2.24, 2.45) is 0 Å². The van der Waals surface area contributed by atoms with E-state index in [1.807, 2.05) is 42.5 Å². The van der Waals surface area contributed by atoms with Gasteiger partial charge in [0.1, 0.15) is 5.75 Å². The van der Waals surface area contributed by atoms with Crippen LogP contribution in [-0.2, 0) is 11.3 Å². The Hall–Kier alpha value is -2.40. The molecule has 120 valence electrons. The molecule has 1 atom stereocenters. The lowest BCUT2D eigenvalue weighted by atomic mass is 10.1. The molecule has 0 bridgehead atoms. The number of hydrogen-bond acceptors (Lipinski definition) is 4. The van der Waals surface area contributed by atoms with Crippen molar-refractivity contribution in [2.75, 3.05) is 6.54 Å². The molecular formula is C18H21N3O2. The number of aromatic nitrogens is 1. The lowest BCUT2D eigenvalue weighted by Crippen LogP contribution is -2.31. The van der Waals surface area contributed by atoms with E-state index in [4.69, 9.17) is 4.74 Å². The monoisotopic (exact) mass is 311 g/mol. The average molecular weight is 311 g/mol. The maximum absolute atomic E-state index is 11.9. The quantitative estimate of drug-likeness (QED) is 0.861. The van der Waals surface area contributed by atoms with Crippen molar-refractivity contribution in [3.05, 3.63) is 54.2 Å². The number of para-hydroxylation sites is 1. The first-order chi connectivity index (χ1) is 11.3. The fourth-order valence-corrected chi connectivity index (χ4v) is 2.61. The smallest absolute Gasteiger partial charge is 0.221 e. The van der Waals surface area contributed by atoms with E-state index in [1.165, 1.54) is 0 Å². The van der Waals surface area contributed by atoms with Gasteiger partial charge in [-0.25, -0.2) is 4.98 Å². The summed E-state index contributed by atoms with van der Waals surface area (Å²) in [4.78, 5) is 16.2. The van der Waals surface area contributed by atoms with Crippen molar-refractivity contribution in [3.8, 4) is 11.6 Å². The van der Waals surface area contributed by atoms with E-state index in [1.54, 1.807) is 6.20 Å². The Morgan fingerprint density at radius 1 is 1.26 bits per heavy atom. The number of benzene rings is 1. The van der Waals surface area contributed by atoms with Crippen LogP contribution in [0, 0.1) is 0 Å². The van der Waals surface area contributed by atoms with Gasteiger partial charge in [0.05, 0.1) is 0 Å². The first-order valence-corrected chi connectivity index (χ1v) is 7.97. The fraction of sp³-hybridized carbons (Fsp3) is 0.333. The summed E-state index contributed by atoms with van der Waals surface area (Å²) in [6.45, 7) is 1.51. The molecular weight excluding hydrogens is 290 g/mol. The second-order valence-corrected chi connectivity index (χ2v) is 5.69. The van der Waals surface area contributed by atoms with Gasteiger partial charge in [0.25, 0.3) is 0 Å². The molecule has 1 saturated heterocycles. The number of carbonyl (C=O) groups excluding carboxylic acids is 1. The van der Waals surface area contributed by atoms with Crippen molar-refractivity contribution in [3.63, 3.8) is 0 Å². The first kappa shape index (κ1) is 15.5. The molecule has 0 radical (unpaired) electrons. The predicted octanol–water partition coefficient (Wildman–Crippen LogP) is 2.63. The van der Waals surface area contributed by atoms with E-state index in [0.29, 0.717) is 24.9 Å². The number of pyridine rings is 1. The topological polar surface area (TPSA) is 63.2 Å². The Bertz CT molecular complexity index is 622. The second-order valence-electron chi connectivity index (χ2n) is 5.69. The lowest BCUT2D eigenvalue weighted by Gasteiger charge is -2.10. The average Bonchev–Trinajstić information content (AvgIpc) is 3.08. The molecule has 5 nitrogen and oxygen atoms in total. The number of ether oxygens (including phenoxy) is 1. The Kier molecular flexibility index (Phi) is 5.21. The summed E-state index contributed by atoms with van der Waals surface area (Å²) in [5, 5.41) is 6.26. The van der Waals surface area contributed by atoms with Gasteiger partial charge in [-0.15, -0.1) is 0 Å². The van der Waals surface area contributed by atoms with Crippen LogP contribution in [0.3, 0.4) is 0 Å². The molecule has 23 heavy (non-hydrogen) atoms. The van der Waals surface area contributed by atoms with Gasteiger partial charge in [-0.2, -0.15) is 0 Å². The van der Waals surface area contributed by atoms with Gasteiger partial charge >= 0.3 is 0 Å². The summed E-state index contributed by atoms with van der Waals surface area (Å²) in [6.07, 6.45) is 4.51. The maximum Gasteiger partial charge on any atom is 0.221 e. The van der Waals surface area contributed by atoms with Gasteiger partial charge < -0.3 is 15.4 Å². The molecule has 1 aliphatic heterocycles. The maximum atomic E-state index is 11.9. The van der Waals surface area contributed by atoms with E-state index in [9.17, 15) is 4.79 Å². The highest BCUT2D eigenvalue weighted by molar-refractivity contribution is 5.76. The number of carbonyl (C=O) groups is 1. The number of amides is 1. The van der Waals surface area contributed by atoms with Gasteiger partial charge in [-0.3, -0.25) is 4.79 Å². The molecule has 2 aromatic rings. The molecule has 1 aliphatic rings. The van der Waals surface area contributed by atoms with Gasteiger partial charge in [0.15, 0.2) is 0 Å². The van der Waals surface area contributed by atoms with E-state index >= 15 is 0 Å². The van der Waals surface area contributed by atoms with Crippen LogP contribution in [0.2, 0.25) is 0 Å². The second kappa shape index (κ2) is 7.74. The van der Waals surface area contributed by atoms with Crippen molar-refractivity contribution >= 4 is 5.91 Å². The number of rotatable bonds is 6. The van der Waals surface area contributed by atoms with Crippen LogP contribution in [0.4, 0.5) is 0 Å². The molecule has 1 aromatic heterocycles. The van der Waals surface area contributed by atoms with Gasteiger partial charge in [0, 0.05) is 31.3 Å². The third-order valence-electron chi connectivity index (χ3n) is 3.85. The SMILES string of the molecule is O=C(CC1CCCN1)NCc1ccc(Oc2ccccc2)nc1. The van der Waals surface area contributed by atoms with Crippen LogP contribution in [0.1, 0.15) is 24.8 Å². The molecule has 1 amide bonds. The highest BCUT2D eigenvalue weighted by Gasteiger charge is 2.17. The Morgan fingerprint density at radius 3 is 2.83 bits per heavy atom. The lowest BCUT2D eigenvalue weighted by molar-refractivity contribution is -0.121. The summed E-state index contributed by atoms with van der Waals surface area (Å²) >= 11 is 0. The van der Waals surface area contributed by atoms with Crippen molar-refractivity contribution in [2.45, 2.75) is 31.8 Å². The third-order valence-corrected chi connectivity index (χ3v) is 3.85. The molecule has 0 saturated carbocycles. The molecule has 1 fully saturated rings. The van der Waals surface area contributed by atoms with Gasteiger partial charge in [-0.05, 0) is 37.1 Å². The normalized spacial score (nSPS) is 17.0. The highest BCUT2D eigenvalue weighted by atomic mass is 16.5. The molecule has 2 N–H and O–H groups in total. The standard InChI is InChI=1S/C18H21N3O2/c22-17(11-15-5-4-10-19-15)20-12-14-8-9-18(21-13-14)23-16-6-2-1-3-7-16/h1-3,6-9,13,15,19H,4-5,10-12H2,(H,20,22). The number of nitrogens with zero attached hydrogens (tertiary/aromatic N) is 1. The van der Waals surface area contributed by atoms with Crippen LogP contribution in [0.5, 0.6) is 11.6 Å². The van der Waals surface area contributed by atoms with E-state index < -0.39 is 0 Å². The van der Waals surface area contributed by atoms with Crippen LogP contribution in [0.15, 0.2) is 48.7 Å². The van der Waals surface area contributed by atoms with Crippen LogP contribution < -0.4 is 15.4 Å². The zero-order valence-corrected chi connectivity index (χ0v) is 13.0. The third kappa shape index (κ3) is 4.79. The molecule has 1 unspecified atom stereocenters. The molecule has 1 aromatic carbocycles. The Balaban J connectivity index is 1.46. The minimum Gasteiger partial charge on any atom is -0.439 e. The Labute approximate surface area is 136 Å². The highest BCUT2D eigenvalue weighted by Crippen LogP contribution is 2.18. The van der Waals surface area contributed by atoms with E-state index in [0.717, 1.165) is 30.7 Å². The summed E-state index contributed by atoms with van der Waals surface area (Å²) in [6, 6.07) is 13.6. The summed E-state index contributed by atoms with van der Waals surface area (Å²) < 4.78 is 5.64. The number of nitrogens with one attached hydrogen (secondary N) is 2. The van der Waals surface area contributed by atoms with Gasteiger partial charge in [0.2, 0.25) is 11.8 Å². The van der Waals surface area contributed by atoms with E-state index in [-0.39, 0.29) is 5.91 Å². The predicted molar refractivity (Wildman–Crippen MR) is 88.2 cm³/mol. The first-order valence-electron chi connectivity index (χ1n) is 7.97. The van der Waals surface area contributed by atoms with Crippen LogP contribution >= 0.6 is 0 Å². The largest absolute Gasteiger partial charge is 0.439 e. The van der Waals surface area contributed by atoms with E-state index in [2.05, 4.69) is 15.6 Å². The zero-order chi connectivity index (χ0) is 15.9. The molecule has 0 aliphatic carbocycles. The van der Waals surface area contributed by atoms with Crippen molar-refractivity contribution < 1.29 is 9.53 Å². The summed E-state index contributed by atoms with van der Waals surface area (Å²) in [7, 11) is 0. The molecule has 2 heterocycles. The number of hydrogen-bond donors (Lipinski definition) is 2. The minimum absolute atomic E-state index is 0.0778. The molecule has 0 spiro atoms.